The van der Waals surface area contributed by atoms with Crippen molar-refractivity contribution >= 4 is 36.2 Å². The smallest absolute Gasteiger partial charge is 0.216 e. The van der Waals surface area contributed by atoms with E-state index in [1.54, 1.807) is 13.3 Å². The lowest BCUT2D eigenvalue weighted by Gasteiger charge is -2.15. The summed E-state index contributed by atoms with van der Waals surface area (Å²) in [5.74, 6) is 0.623. The van der Waals surface area contributed by atoms with Crippen LogP contribution in [0, 0.1) is 0 Å². The van der Waals surface area contributed by atoms with Crippen LogP contribution in [-0.4, -0.2) is 53.7 Å². The van der Waals surface area contributed by atoms with Gasteiger partial charge in [-0.2, -0.15) is 0 Å². The molecule has 4 rings (SSSR count). The van der Waals surface area contributed by atoms with E-state index in [4.69, 9.17) is 14.2 Å². The summed E-state index contributed by atoms with van der Waals surface area (Å²) in [7, 11) is 0.495. The van der Waals surface area contributed by atoms with Gasteiger partial charge in [-0.15, -0.1) is 11.3 Å². The summed E-state index contributed by atoms with van der Waals surface area (Å²) in [4.78, 5) is 26.7. The van der Waals surface area contributed by atoms with E-state index >= 15 is 0 Å². The van der Waals surface area contributed by atoms with Crippen LogP contribution in [0.2, 0.25) is 25.7 Å². The second kappa shape index (κ2) is 11.2. The highest BCUT2D eigenvalue weighted by Gasteiger charge is 2.17. The zero-order chi connectivity index (χ0) is 24.8. The van der Waals surface area contributed by atoms with Crippen LogP contribution in [0.5, 0.6) is 5.75 Å². The largest absolute Gasteiger partial charge is 0.497 e. The minimum atomic E-state index is -1.13. The molecule has 10 heteroatoms. The molecular formula is C25H30N4O4SSi. The fraction of sp³-hybridized carbons (Fsp3) is 0.360. The van der Waals surface area contributed by atoms with Crippen LogP contribution >= 0.6 is 11.3 Å². The molecule has 0 fully saturated rings. The minimum Gasteiger partial charge on any atom is -0.497 e. The number of hydrogen-bond acceptors (Lipinski definition) is 8. The number of Topliss-reactive ketones (excluding diaryl/α,β-unsaturated/α-hetero) is 1. The minimum absolute atomic E-state index is 0.0384. The Balaban J connectivity index is 1.38. The molecule has 0 radical (unpaired) electrons. The molecule has 0 aliphatic heterocycles. The summed E-state index contributed by atoms with van der Waals surface area (Å²) < 4.78 is 18.6. The van der Waals surface area contributed by atoms with E-state index in [-0.39, 0.29) is 12.4 Å². The Morgan fingerprint density at radius 3 is 2.60 bits per heavy atom. The summed E-state index contributed by atoms with van der Waals surface area (Å²) in [5, 5.41) is 1.30. The topological polar surface area (TPSA) is 88.4 Å². The number of ether oxygens (including phenoxy) is 3. The third kappa shape index (κ3) is 6.60. The van der Waals surface area contributed by atoms with Crippen molar-refractivity contribution < 1.29 is 19.0 Å². The lowest BCUT2D eigenvalue weighted by Crippen LogP contribution is -2.22. The number of carbonyl (C=O) groups is 1. The average Bonchev–Trinajstić information content (AvgIpc) is 3.49. The van der Waals surface area contributed by atoms with Crippen molar-refractivity contribution in [1.82, 2.24) is 19.5 Å². The van der Waals surface area contributed by atoms with Gasteiger partial charge >= 0.3 is 0 Å². The molecule has 0 aliphatic rings. The molecule has 35 heavy (non-hydrogen) atoms. The molecule has 0 amide bonds. The van der Waals surface area contributed by atoms with Gasteiger partial charge in [-0.3, -0.25) is 4.79 Å². The Morgan fingerprint density at radius 1 is 1.06 bits per heavy atom. The normalized spacial score (nSPS) is 11.8. The number of nitrogens with zero attached hydrogens (tertiary/aromatic N) is 4. The Hall–Kier alpha value is -2.92. The van der Waals surface area contributed by atoms with E-state index in [0.29, 0.717) is 18.3 Å². The maximum atomic E-state index is 12.6. The molecule has 0 bridgehead atoms. The summed E-state index contributed by atoms with van der Waals surface area (Å²) in [6, 6.07) is 10.6. The molecule has 0 aliphatic carbocycles. The fourth-order valence-corrected chi connectivity index (χ4v) is 5.01. The van der Waals surface area contributed by atoms with Gasteiger partial charge in [0.25, 0.3) is 0 Å². The molecule has 0 N–H and O–H groups in total. The van der Waals surface area contributed by atoms with Gasteiger partial charge in [0.2, 0.25) is 5.78 Å². The van der Waals surface area contributed by atoms with Crippen LogP contribution < -0.4 is 4.74 Å². The van der Waals surface area contributed by atoms with Crippen molar-refractivity contribution in [2.75, 3.05) is 20.3 Å². The molecule has 8 nitrogen and oxygen atoms in total. The lowest BCUT2D eigenvalue weighted by molar-refractivity contribution is 0.0726. The van der Waals surface area contributed by atoms with Crippen molar-refractivity contribution in [1.29, 1.82) is 0 Å². The van der Waals surface area contributed by atoms with Crippen molar-refractivity contribution in [3.63, 3.8) is 0 Å². The molecule has 3 aromatic heterocycles. The highest BCUT2D eigenvalue weighted by atomic mass is 32.1. The first-order chi connectivity index (χ1) is 16.8. The maximum Gasteiger partial charge on any atom is 0.216 e. The second-order valence-corrected chi connectivity index (χ2v) is 16.0. The third-order valence-electron chi connectivity index (χ3n) is 5.42. The fourth-order valence-electron chi connectivity index (χ4n) is 3.40. The summed E-state index contributed by atoms with van der Waals surface area (Å²) in [5.41, 5.74) is 2.52. The molecule has 0 saturated carbocycles. The molecule has 0 atom stereocenters. The Bertz CT molecular complexity index is 1280. The first-order valence-electron chi connectivity index (χ1n) is 11.4. The van der Waals surface area contributed by atoms with E-state index in [0.717, 1.165) is 45.6 Å². The molecule has 0 saturated heterocycles. The SMILES string of the molecule is COc1ccc(COCC(=O)c2ncc(-c3ncnc4c3ccn4COCC[Si](C)(C)C)s2)cc1. The number of methoxy groups -OCH3 is 1. The van der Waals surface area contributed by atoms with E-state index in [1.807, 2.05) is 41.1 Å². The summed E-state index contributed by atoms with van der Waals surface area (Å²) >= 11 is 1.31. The van der Waals surface area contributed by atoms with E-state index in [1.165, 1.54) is 17.7 Å². The number of fused-ring (bicyclic) bond motifs is 1. The highest BCUT2D eigenvalue weighted by molar-refractivity contribution is 7.17. The first-order valence-corrected chi connectivity index (χ1v) is 15.9. The van der Waals surface area contributed by atoms with Crippen LogP contribution in [-0.2, 0) is 22.8 Å². The van der Waals surface area contributed by atoms with Crippen LogP contribution in [0.1, 0.15) is 15.4 Å². The number of rotatable bonds is 12. The van der Waals surface area contributed by atoms with Crippen LogP contribution in [0.3, 0.4) is 0 Å². The molecule has 4 aromatic rings. The zero-order valence-corrected chi connectivity index (χ0v) is 22.3. The van der Waals surface area contributed by atoms with Gasteiger partial charge in [-0.1, -0.05) is 31.8 Å². The Kier molecular flexibility index (Phi) is 8.06. The molecular weight excluding hydrogens is 480 g/mol. The van der Waals surface area contributed by atoms with Crippen molar-refractivity contribution in [2.45, 2.75) is 39.0 Å². The molecule has 0 unspecified atom stereocenters. The summed E-state index contributed by atoms with van der Waals surface area (Å²) in [6.07, 6.45) is 5.18. The van der Waals surface area contributed by atoms with Crippen molar-refractivity contribution in [3.8, 4) is 16.3 Å². The second-order valence-electron chi connectivity index (χ2n) is 9.39. The molecule has 3 heterocycles. The van der Waals surface area contributed by atoms with Crippen LogP contribution in [0.4, 0.5) is 0 Å². The van der Waals surface area contributed by atoms with Gasteiger partial charge in [-0.05, 0) is 29.8 Å². The predicted molar refractivity (Wildman–Crippen MR) is 140 cm³/mol. The van der Waals surface area contributed by atoms with E-state index in [2.05, 4.69) is 34.6 Å². The van der Waals surface area contributed by atoms with E-state index < -0.39 is 8.07 Å². The summed E-state index contributed by atoms with van der Waals surface area (Å²) in [6.45, 7) is 8.50. The van der Waals surface area contributed by atoms with Gasteiger partial charge in [0.15, 0.2) is 5.01 Å². The number of thiazole rings is 1. The molecule has 184 valence electrons. The van der Waals surface area contributed by atoms with Crippen molar-refractivity contribution in [2.24, 2.45) is 0 Å². The average molecular weight is 511 g/mol. The first kappa shape index (κ1) is 25.2. The van der Waals surface area contributed by atoms with Gasteiger partial charge in [0.1, 0.15) is 31.1 Å². The molecule has 0 spiro atoms. The quantitative estimate of drug-likeness (QED) is 0.146. The van der Waals surface area contributed by atoms with Gasteiger partial charge in [0.05, 0.1) is 24.3 Å². The number of hydrogen-bond donors (Lipinski definition) is 0. The standard InChI is InChI=1S/C25H30N4O4SSi/c1-31-19-7-5-18(6-8-19)14-33-15-21(30)25-26-13-22(34-25)23-20-9-10-29(24(20)28-16-27-23)17-32-11-12-35(2,3)4/h5-10,13,16H,11-12,14-15,17H2,1-4H3. The highest BCUT2D eigenvalue weighted by Crippen LogP contribution is 2.30. The number of aromatic nitrogens is 4. The predicted octanol–water partition coefficient (Wildman–Crippen LogP) is 5.28. The number of ketones is 1. The van der Waals surface area contributed by atoms with E-state index in [9.17, 15) is 4.79 Å². The zero-order valence-electron chi connectivity index (χ0n) is 20.5. The molecule has 1 aromatic carbocycles. The lowest BCUT2D eigenvalue weighted by atomic mass is 10.2. The van der Waals surface area contributed by atoms with Crippen molar-refractivity contribution in [3.05, 3.63) is 59.6 Å². The maximum absolute atomic E-state index is 12.6. The van der Waals surface area contributed by atoms with Crippen LogP contribution in [0.15, 0.2) is 49.1 Å². The number of benzene rings is 1. The van der Waals surface area contributed by atoms with Crippen LogP contribution in [0.25, 0.3) is 21.6 Å². The van der Waals surface area contributed by atoms with Gasteiger partial charge in [-0.25, -0.2) is 15.0 Å². The number of carbonyl (C=O) groups excluding carboxylic acids is 1. The monoisotopic (exact) mass is 510 g/mol. The third-order valence-corrected chi connectivity index (χ3v) is 8.17. The van der Waals surface area contributed by atoms with Gasteiger partial charge in [0, 0.05) is 32.5 Å². The Labute approximate surface area is 209 Å². The Morgan fingerprint density at radius 2 is 1.86 bits per heavy atom. The van der Waals surface area contributed by atoms with Gasteiger partial charge < -0.3 is 18.8 Å².